The van der Waals surface area contributed by atoms with Gasteiger partial charge in [0, 0.05) is 15.6 Å². The number of halogens is 2. The predicted molar refractivity (Wildman–Crippen MR) is 99.2 cm³/mol. The highest BCUT2D eigenvalue weighted by Gasteiger charge is 2.17. The van der Waals surface area contributed by atoms with Crippen molar-refractivity contribution in [1.82, 2.24) is 9.78 Å². The number of rotatable bonds is 5. The number of hydrogen-bond donors (Lipinski definition) is 0. The van der Waals surface area contributed by atoms with E-state index >= 15 is 0 Å². The minimum Gasteiger partial charge on any atom is -0.461 e. The highest BCUT2D eigenvalue weighted by molar-refractivity contribution is 6.30. The molecular weight excluding hydrogens is 359 g/mol. The third-order valence-corrected chi connectivity index (χ3v) is 4.15. The van der Waals surface area contributed by atoms with E-state index in [0.717, 1.165) is 11.1 Å². The second-order valence-electron chi connectivity index (χ2n) is 5.43. The molecule has 6 heteroatoms. The van der Waals surface area contributed by atoms with Gasteiger partial charge in [0.15, 0.2) is 0 Å². The van der Waals surface area contributed by atoms with E-state index in [1.807, 2.05) is 36.4 Å². The zero-order valence-corrected chi connectivity index (χ0v) is 15.1. The summed E-state index contributed by atoms with van der Waals surface area (Å²) >= 11 is 11.9. The smallest absolute Gasteiger partial charge is 0.356 e. The first-order valence-corrected chi connectivity index (χ1v) is 8.58. The van der Waals surface area contributed by atoms with Crippen molar-refractivity contribution in [1.29, 1.82) is 0 Å². The fourth-order valence-corrected chi connectivity index (χ4v) is 2.68. The Labute approximate surface area is 155 Å². The summed E-state index contributed by atoms with van der Waals surface area (Å²) < 4.78 is 6.80. The molecule has 4 nitrogen and oxygen atoms in total. The van der Waals surface area contributed by atoms with Gasteiger partial charge in [0.25, 0.3) is 0 Å². The molecule has 0 saturated heterocycles. The van der Waals surface area contributed by atoms with Gasteiger partial charge >= 0.3 is 5.97 Å². The van der Waals surface area contributed by atoms with Crippen molar-refractivity contribution in [2.75, 3.05) is 6.61 Å². The van der Waals surface area contributed by atoms with Crippen LogP contribution >= 0.6 is 23.2 Å². The molecule has 3 rings (SSSR count). The topological polar surface area (TPSA) is 44.1 Å². The average Bonchev–Trinajstić information content (AvgIpc) is 3.02. The maximum absolute atomic E-state index is 12.3. The van der Waals surface area contributed by atoms with Crippen LogP contribution in [0.25, 0.3) is 11.3 Å². The molecule has 0 aliphatic carbocycles. The van der Waals surface area contributed by atoms with E-state index in [4.69, 9.17) is 27.9 Å². The molecule has 0 unspecified atom stereocenters. The van der Waals surface area contributed by atoms with Gasteiger partial charge in [0.05, 0.1) is 18.8 Å². The van der Waals surface area contributed by atoms with E-state index in [1.165, 1.54) is 0 Å². The van der Waals surface area contributed by atoms with Crippen LogP contribution in [0.5, 0.6) is 0 Å². The maximum Gasteiger partial charge on any atom is 0.356 e. The van der Waals surface area contributed by atoms with Crippen LogP contribution in [0.15, 0.2) is 54.6 Å². The Kier molecular flexibility index (Phi) is 5.41. The third-order valence-electron chi connectivity index (χ3n) is 3.65. The molecule has 0 aliphatic heterocycles. The molecule has 1 aromatic heterocycles. The van der Waals surface area contributed by atoms with Gasteiger partial charge < -0.3 is 4.74 Å². The zero-order valence-electron chi connectivity index (χ0n) is 13.6. The van der Waals surface area contributed by atoms with Gasteiger partial charge in [-0.05, 0) is 42.8 Å². The summed E-state index contributed by atoms with van der Waals surface area (Å²) in [6.07, 6.45) is 0. The Bertz CT molecular complexity index is 871. The van der Waals surface area contributed by atoms with Crippen molar-refractivity contribution >= 4 is 29.2 Å². The van der Waals surface area contributed by atoms with Gasteiger partial charge in [-0.15, -0.1) is 0 Å². The molecule has 0 atom stereocenters. The first kappa shape index (κ1) is 17.5. The van der Waals surface area contributed by atoms with Crippen molar-refractivity contribution in [3.8, 4) is 11.3 Å². The number of benzene rings is 2. The minimum absolute atomic E-state index is 0.307. The molecule has 0 radical (unpaired) electrons. The molecule has 0 N–H and O–H groups in total. The first-order chi connectivity index (χ1) is 12.1. The summed E-state index contributed by atoms with van der Waals surface area (Å²) in [6, 6.07) is 16.5. The van der Waals surface area contributed by atoms with Crippen LogP contribution in [-0.4, -0.2) is 22.4 Å². The molecule has 0 spiro atoms. The van der Waals surface area contributed by atoms with Crippen LogP contribution in [0.1, 0.15) is 23.0 Å². The van der Waals surface area contributed by atoms with E-state index in [9.17, 15) is 4.79 Å². The number of hydrogen-bond acceptors (Lipinski definition) is 3. The lowest BCUT2D eigenvalue weighted by Crippen LogP contribution is -2.14. The Morgan fingerprint density at radius 3 is 2.24 bits per heavy atom. The minimum atomic E-state index is -0.399. The summed E-state index contributed by atoms with van der Waals surface area (Å²) in [6.45, 7) is 2.53. The summed E-state index contributed by atoms with van der Waals surface area (Å²) in [5.74, 6) is -0.399. The van der Waals surface area contributed by atoms with E-state index in [-0.39, 0.29) is 0 Å². The monoisotopic (exact) mass is 374 g/mol. The lowest BCUT2D eigenvalue weighted by Gasteiger charge is -2.07. The number of esters is 1. The van der Waals surface area contributed by atoms with Gasteiger partial charge in [-0.2, -0.15) is 5.10 Å². The van der Waals surface area contributed by atoms with E-state index in [2.05, 4.69) is 5.10 Å². The molecule has 0 saturated carbocycles. The van der Waals surface area contributed by atoms with Crippen molar-refractivity contribution in [3.05, 3.63) is 75.9 Å². The van der Waals surface area contributed by atoms with Gasteiger partial charge in [-0.3, -0.25) is 4.68 Å². The third kappa shape index (κ3) is 4.21. The number of nitrogens with zero attached hydrogens (tertiary/aromatic N) is 2. The van der Waals surface area contributed by atoms with Gasteiger partial charge in [0.2, 0.25) is 0 Å². The molecular formula is C19H16Cl2N2O2. The molecule has 2 aromatic carbocycles. The Morgan fingerprint density at radius 1 is 1.04 bits per heavy atom. The molecule has 1 heterocycles. The van der Waals surface area contributed by atoms with E-state index in [1.54, 1.807) is 29.8 Å². The van der Waals surface area contributed by atoms with Crippen molar-refractivity contribution in [2.45, 2.75) is 13.5 Å². The lowest BCUT2D eigenvalue weighted by atomic mass is 10.1. The molecule has 0 amide bonds. The molecule has 0 aliphatic rings. The summed E-state index contributed by atoms with van der Waals surface area (Å²) in [5.41, 5.74) is 2.96. The number of carbonyl (C=O) groups is 1. The van der Waals surface area contributed by atoms with Crippen LogP contribution in [0, 0.1) is 0 Å². The fourth-order valence-electron chi connectivity index (χ4n) is 2.43. The SMILES string of the molecule is CCOC(=O)c1cc(-c2ccc(Cl)cc2)nn1Cc1ccc(Cl)cc1. The van der Waals surface area contributed by atoms with Gasteiger partial charge in [-0.25, -0.2) is 4.79 Å². The fraction of sp³-hybridized carbons (Fsp3) is 0.158. The number of aromatic nitrogens is 2. The largest absolute Gasteiger partial charge is 0.461 e. The summed E-state index contributed by atoms with van der Waals surface area (Å²) in [7, 11) is 0. The molecule has 0 fully saturated rings. The Morgan fingerprint density at radius 2 is 1.64 bits per heavy atom. The molecule has 25 heavy (non-hydrogen) atoms. The van der Waals surface area contributed by atoms with Gasteiger partial charge in [-0.1, -0.05) is 47.5 Å². The molecule has 0 bridgehead atoms. The number of carbonyl (C=O) groups excluding carboxylic acids is 1. The average molecular weight is 375 g/mol. The standard InChI is InChI=1S/C19H16Cl2N2O2/c1-2-25-19(24)18-11-17(14-5-9-16(21)10-6-14)22-23(18)12-13-3-7-15(20)8-4-13/h3-11H,2,12H2,1H3. The van der Waals surface area contributed by atoms with Crippen molar-refractivity contribution in [2.24, 2.45) is 0 Å². The van der Waals surface area contributed by atoms with Crippen LogP contribution in [0.4, 0.5) is 0 Å². The van der Waals surface area contributed by atoms with Crippen molar-refractivity contribution < 1.29 is 9.53 Å². The van der Waals surface area contributed by atoms with E-state index in [0.29, 0.717) is 34.6 Å². The lowest BCUT2D eigenvalue weighted by molar-refractivity contribution is 0.0512. The van der Waals surface area contributed by atoms with Crippen LogP contribution in [0.3, 0.4) is 0 Å². The van der Waals surface area contributed by atoms with Crippen molar-refractivity contribution in [3.63, 3.8) is 0 Å². The maximum atomic E-state index is 12.3. The van der Waals surface area contributed by atoms with Crippen LogP contribution < -0.4 is 0 Å². The normalized spacial score (nSPS) is 10.7. The second kappa shape index (κ2) is 7.72. The predicted octanol–water partition coefficient (Wildman–Crippen LogP) is 5.08. The Balaban J connectivity index is 1.97. The van der Waals surface area contributed by atoms with E-state index < -0.39 is 5.97 Å². The first-order valence-electron chi connectivity index (χ1n) is 7.82. The highest BCUT2D eigenvalue weighted by atomic mass is 35.5. The second-order valence-corrected chi connectivity index (χ2v) is 6.30. The Hall–Kier alpha value is -2.30. The molecule has 128 valence electrons. The quantitative estimate of drug-likeness (QED) is 0.584. The zero-order chi connectivity index (χ0) is 17.8. The summed E-state index contributed by atoms with van der Waals surface area (Å²) in [5, 5.41) is 5.88. The highest BCUT2D eigenvalue weighted by Crippen LogP contribution is 2.23. The van der Waals surface area contributed by atoms with Crippen LogP contribution in [0.2, 0.25) is 10.0 Å². The summed E-state index contributed by atoms with van der Waals surface area (Å²) in [4.78, 5) is 12.3. The van der Waals surface area contributed by atoms with Crippen LogP contribution in [-0.2, 0) is 11.3 Å². The molecule has 3 aromatic rings. The number of ether oxygens (including phenoxy) is 1. The van der Waals surface area contributed by atoms with Gasteiger partial charge in [0.1, 0.15) is 5.69 Å².